The average Bonchev–Trinajstić information content (AvgIpc) is 2.29. The minimum absolute atomic E-state index is 0.0120. The first kappa shape index (κ1) is 13.4. The van der Waals surface area contributed by atoms with Gasteiger partial charge in [-0.1, -0.05) is 30.3 Å². The van der Waals surface area contributed by atoms with E-state index in [4.69, 9.17) is 10.8 Å². The average molecular weight is 235 g/mol. The van der Waals surface area contributed by atoms with E-state index in [1.807, 2.05) is 30.3 Å². The molecule has 1 aromatic carbocycles. The van der Waals surface area contributed by atoms with Gasteiger partial charge in [-0.15, -0.1) is 0 Å². The molecule has 92 valence electrons. The molecule has 17 heavy (non-hydrogen) atoms. The van der Waals surface area contributed by atoms with Crippen LogP contribution < -0.4 is 5.73 Å². The fourth-order valence-electron chi connectivity index (χ4n) is 1.57. The Balaban J connectivity index is 2.68. The van der Waals surface area contributed by atoms with E-state index in [9.17, 15) is 9.59 Å². The summed E-state index contributed by atoms with van der Waals surface area (Å²) in [6.07, 6.45) is 0.344. The van der Waals surface area contributed by atoms with Gasteiger partial charge in [-0.05, 0) is 18.9 Å². The van der Waals surface area contributed by atoms with Crippen molar-refractivity contribution in [1.82, 2.24) is 0 Å². The Bertz CT molecular complexity index is 387. The summed E-state index contributed by atoms with van der Waals surface area (Å²) >= 11 is 0. The summed E-state index contributed by atoms with van der Waals surface area (Å²) in [5.74, 6) is -1.87. The lowest BCUT2D eigenvalue weighted by Gasteiger charge is -2.13. The summed E-state index contributed by atoms with van der Waals surface area (Å²) in [6.45, 7) is 1.57. The van der Waals surface area contributed by atoms with Crippen LogP contribution in [0.1, 0.15) is 18.9 Å². The SMILES string of the molecule is C[C@H](N)C(=O)C[C@@H](Cc1ccccc1)C(=O)O. The number of carbonyl (C=O) groups is 2. The maximum absolute atomic E-state index is 11.5. The van der Waals surface area contributed by atoms with Crippen LogP contribution in [0, 0.1) is 5.92 Å². The number of ketones is 1. The molecule has 0 amide bonds. The Morgan fingerprint density at radius 1 is 1.29 bits per heavy atom. The fraction of sp³-hybridized carbons (Fsp3) is 0.385. The number of hydrogen-bond donors (Lipinski definition) is 2. The van der Waals surface area contributed by atoms with Crippen molar-refractivity contribution in [3.05, 3.63) is 35.9 Å². The molecule has 0 radical (unpaired) electrons. The van der Waals surface area contributed by atoms with Gasteiger partial charge in [0, 0.05) is 6.42 Å². The zero-order valence-electron chi connectivity index (χ0n) is 9.80. The molecule has 0 bridgehead atoms. The summed E-state index contributed by atoms with van der Waals surface area (Å²) in [6, 6.07) is 8.67. The van der Waals surface area contributed by atoms with Crippen LogP contribution >= 0.6 is 0 Å². The Morgan fingerprint density at radius 2 is 1.88 bits per heavy atom. The monoisotopic (exact) mass is 235 g/mol. The first-order chi connectivity index (χ1) is 8.00. The largest absolute Gasteiger partial charge is 0.481 e. The topological polar surface area (TPSA) is 80.4 Å². The van der Waals surface area contributed by atoms with Crippen molar-refractivity contribution in [3.8, 4) is 0 Å². The Kier molecular flexibility index (Phi) is 4.84. The van der Waals surface area contributed by atoms with Gasteiger partial charge in [-0.2, -0.15) is 0 Å². The van der Waals surface area contributed by atoms with E-state index in [1.165, 1.54) is 0 Å². The highest BCUT2D eigenvalue weighted by Crippen LogP contribution is 2.13. The van der Waals surface area contributed by atoms with E-state index in [1.54, 1.807) is 6.92 Å². The number of carboxylic acid groups (broad SMARTS) is 1. The minimum Gasteiger partial charge on any atom is -0.481 e. The van der Waals surface area contributed by atoms with E-state index < -0.39 is 17.9 Å². The number of nitrogens with two attached hydrogens (primary N) is 1. The van der Waals surface area contributed by atoms with Crippen LogP contribution in [0.25, 0.3) is 0 Å². The molecule has 0 aliphatic rings. The molecule has 4 nitrogen and oxygen atoms in total. The molecule has 2 atom stereocenters. The van der Waals surface area contributed by atoms with Gasteiger partial charge >= 0.3 is 5.97 Å². The van der Waals surface area contributed by atoms with Crippen molar-refractivity contribution in [3.63, 3.8) is 0 Å². The van der Waals surface area contributed by atoms with Crippen molar-refractivity contribution in [2.75, 3.05) is 0 Å². The normalized spacial score (nSPS) is 14.0. The number of aliphatic carboxylic acids is 1. The molecule has 0 saturated carbocycles. The maximum atomic E-state index is 11.5. The third-order valence-corrected chi connectivity index (χ3v) is 2.63. The van der Waals surface area contributed by atoms with Gasteiger partial charge in [0.2, 0.25) is 0 Å². The van der Waals surface area contributed by atoms with Crippen molar-refractivity contribution in [1.29, 1.82) is 0 Å². The molecule has 0 unspecified atom stereocenters. The number of carboxylic acids is 1. The predicted octanol–water partition coefficient (Wildman–Crippen LogP) is 1.24. The number of benzene rings is 1. The molecule has 0 fully saturated rings. The first-order valence-electron chi connectivity index (χ1n) is 5.55. The Labute approximate surface area is 100 Å². The minimum atomic E-state index is -0.956. The lowest BCUT2D eigenvalue weighted by molar-refractivity contribution is -0.143. The van der Waals surface area contributed by atoms with Crippen molar-refractivity contribution in [2.45, 2.75) is 25.8 Å². The third kappa shape index (κ3) is 4.36. The van der Waals surface area contributed by atoms with Crippen LogP contribution in [0.5, 0.6) is 0 Å². The zero-order valence-corrected chi connectivity index (χ0v) is 9.80. The van der Waals surface area contributed by atoms with E-state index in [0.29, 0.717) is 6.42 Å². The van der Waals surface area contributed by atoms with Crippen molar-refractivity contribution < 1.29 is 14.7 Å². The molecule has 1 rings (SSSR count). The summed E-state index contributed by atoms with van der Waals surface area (Å²) < 4.78 is 0. The van der Waals surface area contributed by atoms with Gasteiger partial charge < -0.3 is 10.8 Å². The fourth-order valence-corrected chi connectivity index (χ4v) is 1.57. The maximum Gasteiger partial charge on any atom is 0.307 e. The Morgan fingerprint density at radius 3 is 2.35 bits per heavy atom. The lowest BCUT2D eigenvalue weighted by atomic mass is 9.93. The van der Waals surface area contributed by atoms with Gasteiger partial charge in [0.05, 0.1) is 12.0 Å². The molecular formula is C13H17NO3. The second-order valence-corrected chi connectivity index (χ2v) is 4.18. The molecule has 4 heteroatoms. The molecule has 0 saturated heterocycles. The molecule has 0 heterocycles. The quantitative estimate of drug-likeness (QED) is 0.777. The standard InChI is InChI=1S/C13H17NO3/c1-9(14)12(15)8-11(13(16)17)7-10-5-3-2-4-6-10/h2-6,9,11H,7-8,14H2,1H3,(H,16,17)/t9-,11+/m0/s1. The zero-order chi connectivity index (χ0) is 12.8. The van der Waals surface area contributed by atoms with E-state index in [2.05, 4.69) is 0 Å². The number of hydrogen-bond acceptors (Lipinski definition) is 3. The summed E-state index contributed by atoms with van der Waals surface area (Å²) in [7, 11) is 0. The highest BCUT2D eigenvalue weighted by molar-refractivity contribution is 5.87. The number of carbonyl (C=O) groups excluding carboxylic acids is 1. The number of rotatable bonds is 6. The smallest absolute Gasteiger partial charge is 0.307 e. The van der Waals surface area contributed by atoms with Crippen molar-refractivity contribution in [2.24, 2.45) is 11.7 Å². The molecule has 3 N–H and O–H groups in total. The van der Waals surface area contributed by atoms with Crippen LogP contribution in [0.4, 0.5) is 0 Å². The van der Waals surface area contributed by atoms with Crippen LogP contribution in [0.15, 0.2) is 30.3 Å². The summed E-state index contributed by atoms with van der Waals surface area (Å²) in [5, 5.41) is 9.07. The highest BCUT2D eigenvalue weighted by atomic mass is 16.4. The highest BCUT2D eigenvalue weighted by Gasteiger charge is 2.22. The second kappa shape index (κ2) is 6.15. The van der Waals surface area contributed by atoms with E-state index >= 15 is 0 Å². The second-order valence-electron chi connectivity index (χ2n) is 4.18. The first-order valence-corrected chi connectivity index (χ1v) is 5.55. The third-order valence-electron chi connectivity index (χ3n) is 2.63. The van der Waals surface area contributed by atoms with Gasteiger partial charge in [-0.3, -0.25) is 9.59 Å². The van der Waals surface area contributed by atoms with E-state index in [0.717, 1.165) is 5.56 Å². The molecule has 0 aliphatic carbocycles. The molecular weight excluding hydrogens is 218 g/mol. The van der Waals surface area contributed by atoms with Crippen molar-refractivity contribution >= 4 is 11.8 Å². The number of Topliss-reactive ketones (excluding diaryl/α,β-unsaturated/α-hetero) is 1. The van der Waals surface area contributed by atoms with E-state index in [-0.39, 0.29) is 12.2 Å². The van der Waals surface area contributed by atoms with Crippen LogP contribution in [0.3, 0.4) is 0 Å². The summed E-state index contributed by atoms with van der Waals surface area (Å²) in [4.78, 5) is 22.5. The van der Waals surface area contributed by atoms with Crippen LogP contribution in [0.2, 0.25) is 0 Å². The predicted molar refractivity (Wildman–Crippen MR) is 64.5 cm³/mol. The lowest BCUT2D eigenvalue weighted by Crippen LogP contribution is -2.31. The van der Waals surface area contributed by atoms with Crippen LogP contribution in [-0.2, 0) is 16.0 Å². The molecule has 0 aliphatic heterocycles. The molecule has 1 aromatic rings. The summed E-state index contributed by atoms with van der Waals surface area (Å²) in [5.41, 5.74) is 6.35. The molecule has 0 spiro atoms. The van der Waals surface area contributed by atoms with Gasteiger partial charge in [0.15, 0.2) is 0 Å². The molecule has 0 aromatic heterocycles. The Hall–Kier alpha value is -1.68. The van der Waals surface area contributed by atoms with Gasteiger partial charge in [0.25, 0.3) is 0 Å². The van der Waals surface area contributed by atoms with Crippen LogP contribution in [-0.4, -0.2) is 22.9 Å². The van der Waals surface area contributed by atoms with Gasteiger partial charge in [-0.25, -0.2) is 0 Å². The van der Waals surface area contributed by atoms with Gasteiger partial charge in [0.1, 0.15) is 5.78 Å².